The first-order valence-electron chi connectivity index (χ1n) is 7.04. The predicted octanol–water partition coefficient (Wildman–Crippen LogP) is 2.98. The predicted molar refractivity (Wildman–Crippen MR) is 96.3 cm³/mol. The number of thioether (sulfide) groups is 1. The van der Waals surface area contributed by atoms with Gasteiger partial charge in [-0.3, -0.25) is 0 Å². The fourth-order valence-corrected chi connectivity index (χ4v) is 3.23. The van der Waals surface area contributed by atoms with Gasteiger partial charge in [-0.05, 0) is 48.4 Å². The van der Waals surface area contributed by atoms with Crippen LogP contribution in [0.2, 0.25) is 0 Å². The van der Waals surface area contributed by atoms with Crippen LogP contribution in [0.5, 0.6) is 0 Å². The molecule has 0 aliphatic rings. The van der Waals surface area contributed by atoms with E-state index in [1.54, 1.807) is 30.0 Å². The van der Waals surface area contributed by atoms with E-state index >= 15 is 0 Å². The van der Waals surface area contributed by atoms with Gasteiger partial charge in [0.2, 0.25) is 0 Å². The molecule has 0 saturated heterocycles. The van der Waals surface area contributed by atoms with Crippen LogP contribution in [0.3, 0.4) is 0 Å². The second kappa shape index (κ2) is 8.33. The van der Waals surface area contributed by atoms with Crippen molar-refractivity contribution in [3.63, 3.8) is 0 Å². The number of nitrogens with zero attached hydrogens (tertiary/aromatic N) is 1. The summed E-state index contributed by atoms with van der Waals surface area (Å²) in [5.41, 5.74) is 8.04. The number of benzene rings is 1. The standard InChI is InChI=1S/C16H21N3OS2/c1-11(20)9-18-10-12-8-13(5-6-14(12)21-2)19-16(17)15-4-3-7-22-15/h3-8,11,18,20H,9-10H2,1-2H3,(H2,17,19). The maximum absolute atomic E-state index is 9.33. The van der Waals surface area contributed by atoms with E-state index in [0.717, 1.165) is 16.1 Å². The van der Waals surface area contributed by atoms with Gasteiger partial charge in [-0.1, -0.05) is 6.07 Å². The molecule has 2 rings (SSSR count). The molecule has 0 spiro atoms. The van der Waals surface area contributed by atoms with Crippen molar-refractivity contribution < 1.29 is 5.11 Å². The van der Waals surface area contributed by atoms with Crippen LogP contribution < -0.4 is 11.1 Å². The molecule has 1 aromatic carbocycles. The molecule has 0 saturated carbocycles. The van der Waals surface area contributed by atoms with Crippen LogP contribution in [-0.4, -0.2) is 29.8 Å². The molecule has 22 heavy (non-hydrogen) atoms. The third kappa shape index (κ3) is 4.84. The lowest BCUT2D eigenvalue weighted by Gasteiger charge is -2.11. The highest BCUT2D eigenvalue weighted by Gasteiger charge is 2.05. The molecule has 118 valence electrons. The largest absolute Gasteiger partial charge is 0.392 e. The molecule has 0 fully saturated rings. The second-order valence-electron chi connectivity index (χ2n) is 4.95. The third-order valence-corrected chi connectivity index (χ3v) is 4.77. The summed E-state index contributed by atoms with van der Waals surface area (Å²) in [6.45, 7) is 3.03. The Bertz CT molecular complexity index is 624. The van der Waals surface area contributed by atoms with E-state index in [1.165, 1.54) is 4.90 Å². The fourth-order valence-electron chi connectivity index (χ4n) is 2.01. The Morgan fingerprint density at radius 2 is 2.27 bits per heavy atom. The zero-order valence-electron chi connectivity index (χ0n) is 12.7. The lowest BCUT2D eigenvalue weighted by molar-refractivity contribution is 0.191. The number of thiophene rings is 1. The minimum absolute atomic E-state index is 0.353. The smallest absolute Gasteiger partial charge is 0.141 e. The summed E-state index contributed by atoms with van der Waals surface area (Å²) < 4.78 is 0. The molecule has 4 nitrogen and oxygen atoms in total. The van der Waals surface area contributed by atoms with Crippen molar-refractivity contribution in [2.75, 3.05) is 12.8 Å². The maximum atomic E-state index is 9.33. The van der Waals surface area contributed by atoms with Crippen LogP contribution in [-0.2, 0) is 6.54 Å². The Labute approximate surface area is 139 Å². The van der Waals surface area contributed by atoms with Crippen molar-refractivity contribution in [3.05, 3.63) is 46.2 Å². The molecule has 1 unspecified atom stereocenters. The minimum Gasteiger partial charge on any atom is -0.392 e. The Morgan fingerprint density at radius 3 is 2.91 bits per heavy atom. The number of nitrogens with two attached hydrogens (primary N) is 1. The first-order chi connectivity index (χ1) is 10.6. The Kier molecular flexibility index (Phi) is 6.45. The minimum atomic E-state index is -0.353. The number of hydrogen-bond donors (Lipinski definition) is 3. The molecule has 1 heterocycles. The zero-order valence-corrected chi connectivity index (χ0v) is 14.4. The van der Waals surface area contributed by atoms with Gasteiger partial charge in [0, 0.05) is 18.0 Å². The van der Waals surface area contributed by atoms with Crippen molar-refractivity contribution in [2.45, 2.75) is 24.5 Å². The fraction of sp³-hybridized carbons (Fsp3) is 0.312. The Morgan fingerprint density at radius 1 is 1.45 bits per heavy atom. The van der Waals surface area contributed by atoms with E-state index in [4.69, 9.17) is 5.73 Å². The highest BCUT2D eigenvalue weighted by molar-refractivity contribution is 7.98. The van der Waals surface area contributed by atoms with Crippen LogP contribution in [0.25, 0.3) is 0 Å². The van der Waals surface area contributed by atoms with Crippen LogP contribution in [0.1, 0.15) is 17.4 Å². The summed E-state index contributed by atoms with van der Waals surface area (Å²) in [4.78, 5) is 6.67. The van der Waals surface area contributed by atoms with Crippen LogP contribution in [0.15, 0.2) is 45.6 Å². The zero-order chi connectivity index (χ0) is 15.9. The van der Waals surface area contributed by atoms with E-state index in [0.29, 0.717) is 18.9 Å². The molecule has 0 aliphatic carbocycles. The van der Waals surface area contributed by atoms with Crippen molar-refractivity contribution in [2.24, 2.45) is 10.7 Å². The summed E-state index contributed by atoms with van der Waals surface area (Å²) in [5, 5.41) is 14.6. The van der Waals surface area contributed by atoms with E-state index < -0.39 is 0 Å². The van der Waals surface area contributed by atoms with Crippen LogP contribution in [0.4, 0.5) is 5.69 Å². The van der Waals surface area contributed by atoms with Gasteiger partial charge >= 0.3 is 0 Å². The van der Waals surface area contributed by atoms with Crippen molar-refractivity contribution in [1.29, 1.82) is 0 Å². The molecule has 6 heteroatoms. The Balaban J connectivity index is 2.17. The van der Waals surface area contributed by atoms with Crippen molar-refractivity contribution in [3.8, 4) is 0 Å². The second-order valence-corrected chi connectivity index (χ2v) is 6.75. The van der Waals surface area contributed by atoms with Crippen molar-refractivity contribution in [1.82, 2.24) is 5.32 Å². The molecule has 0 amide bonds. The normalized spacial score (nSPS) is 13.3. The van der Waals surface area contributed by atoms with E-state index in [2.05, 4.69) is 22.6 Å². The molecule has 4 N–H and O–H groups in total. The number of aliphatic hydroxyl groups excluding tert-OH is 1. The first kappa shape index (κ1) is 17.0. The summed E-state index contributed by atoms with van der Waals surface area (Å²) >= 11 is 3.28. The van der Waals surface area contributed by atoms with Gasteiger partial charge in [0.05, 0.1) is 16.7 Å². The van der Waals surface area contributed by atoms with E-state index in [-0.39, 0.29) is 6.10 Å². The van der Waals surface area contributed by atoms with Gasteiger partial charge in [-0.2, -0.15) is 0 Å². The van der Waals surface area contributed by atoms with Gasteiger partial charge in [-0.15, -0.1) is 23.1 Å². The molecule has 1 atom stereocenters. The van der Waals surface area contributed by atoms with Gasteiger partial charge in [-0.25, -0.2) is 4.99 Å². The number of aliphatic hydroxyl groups is 1. The molecular formula is C16H21N3OS2. The molecule has 1 aromatic heterocycles. The summed E-state index contributed by atoms with van der Waals surface area (Å²) in [5.74, 6) is 0.537. The molecular weight excluding hydrogens is 314 g/mol. The summed E-state index contributed by atoms with van der Waals surface area (Å²) in [7, 11) is 0. The molecule has 0 aliphatic heterocycles. The average molecular weight is 335 g/mol. The van der Waals surface area contributed by atoms with Crippen molar-refractivity contribution >= 4 is 34.6 Å². The quantitative estimate of drug-likeness (QED) is 0.413. The molecule has 0 bridgehead atoms. The van der Waals surface area contributed by atoms with Gasteiger partial charge < -0.3 is 16.2 Å². The lowest BCUT2D eigenvalue weighted by Crippen LogP contribution is -2.24. The van der Waals surface area contributed by atoms with Gasteiger partial charge in [0.15, 0.2) is 0 Å². The average Bonchev–Trinajstić information content (AvgIpc) is 3.01. The third-order valence-electron chi connectivity index (χ3n) is 3.04. The van der Waals surface area contributed by atoms with E-state index in [9.17, 15) is 5.11 Å². The Hall–Kier alpha value is -1.34. The number of rotatable bonds is 7. The molecule has 0 radical (unpaired) electrons. The highest BCUT2D eigenvalue weighted by atomic mass is 32.2. The number of aliphatic imine (C=N–C) groups is 1. The maximum Gasteiger partial charge on any atom is 0.141 e. The van der Waals surface area contributed by atoms with E-state index in [1.807, 2.05) is 29.6 Å². The first-order valence-corrected chi connectivity index (χ1v) is 9.14. The summed E-state index contributed by atoms with van der Waals surface area (Å²) in [6, 6.07) is 10.0. The highest BCUT2D eigenvalue weighted by Crippen LogP contribution is 2.26. The van der Waals surface area contributed by atoms with Crippen LogP contribution >= 0.6 is 23.1 Å². The van der Waals surface area contributed by atoms with Gasteiger partial charge in [0.1, 0.15) is 5.84 Å². The van der Waals surface area contributed by atoms with Crippen LogP contribution in [0, 0.1) is 0 Å². The number of hydrogen-bond acceptors (Lipinski definition) is 5. The lowest BCUT2D eigenvalue weighted by atomic mass is 10.2. The summed E-state index contributed by atoms with van der Waals surface area (Å²) in [6.07, 6.45) is 1.70. The number of nitrogens with one attached hydrogen (secondary N) is 1. The topological polar surface area (TPSA) is 70.6 Å². The number of amidine groups is 1. The molecule has 2 aromatic rings. The van der Waals surface area contributed by atoms with Gasteiger partial charge in [0.25, 0.3) is 0 Å². The SMILES string of the molecule is CSc1ccc(N=C(N)c2cccs2)cc1CNCC(C)O. The monoisotopic (exact) mass is 335 g/mol.